The van der Waals surface area contributed by atoms with Gasteiger partial charge in [-0.2, -0.15) is 4.98 Å². The zero-order valence-electron chi connectivity index (χ0n) is 12.9. The highest BCUT2D eigenvalue weighted by atomic mass is 16.5. The number of nitrogens with zero attached hydrogens (tertiary/aromatic N) is 5. The first-order valence-electron chi connectivity index (χ1n) is 7.76. The van der Waals surface area contributed by atoms with Crippen molar-refractivity contribution in [3.05, 3.63) is 54.2 Å². The molecule has 0 N–H and O–H groups in total. The molecule has 116 valence electrons. The van der Waals surface area contributed by atoms with Crippen molar-refractivity contribution in [2.45, 2.75) is 25.8 Å². The lowest BCUT2D eigenvalue weighted by atomic mass is 10.1. The van der Waals surface area contributed by atoms with Crippen LogP contribution in [0.1, 0.15) is 30.4 Å². The largest absolute Gasteiger partial charge is 0.347 e. The van der Waals surface area contributed by atoms with Gasteiger partial charge < -0.3 is 9.42 Å². The molecule has 0 aromatic carbocycles. The van der Waals surface area contributed by atoms with Crippen LogP contribution in [0, 0.1) is 6.92 Å². The van der Waals surface area contributed by atoms with Crippen molar-refractivity contribution in [2.75, 3.05) is 11.4 Å². The summed E-state index contributed by atoms with van der Waals surface area (Å²) in [4.78, 5) is 15.8. The van der Waals surface area contributed by atoms with Crippen molar-refractivity contribution < 1.29 is 4.52 Å². The van der Waals surface area contributed by atoms with Crippen molar-refractivity contribution >= 4 is 5.82 Å². The van der Waals surface area contributed by atoms with Crippen molar-refractivity contribution in [3.63, 3.8) is 0 Å². The Labute approximate surface area is 134 Å². The number of anilines is 1. The number of pyridine rings is 2. The van der Waals surface area contributed by atoms with E-state index in [1.165, 1.54) is 0 Å². The van der Waals surface area contributed by atoms with Gasteiger partial charge in [-0.25, -0.2) is 4.98 Å². The number of hydrogen-bond acceptors (Lipinski definition) is 6. The number of aromatic nitrogens is 4. The smallest absolute Gasteiger partial charge is 0.261 e. The third kappa shape index (κ3) is 2.56. The highest BCUT2D eigenvalue weighted by molar-refractivity contribution is 5.70. The molecule has 0 amide bonds. The molecule has 6 heteroatoms. The molecule has 0 spiro atoms. The molecule has 0 radical (unpaired) electrons. The lowest BCUT2D eigenvalue weighted by Crippen LogP contribution is -2.24. The van der Waals surface area contributed by atoms with Crippen LogP contribution in [0.25, 0.3) is 11.5 Å². The Morgan fingerprint density at radius 3 is 2.83 bits per heavy atom. The first-order chi connectivity index (χ1) is 11.3. The van der Waals surface area contributed by atoms with Crippen LogP contribution >= 0.6 is 0 Å². The van der Waals surface area contributed by atoms with Gasteiger partial charge in [0.15, 0.2) is 5.82 Å². The molecule has 4 rings (SSSR count). The predicted octanol–water partition coefficient (Wildman–Crippen LogP) is 3.18. The lowest BCUT2D eigenvalue weighted by Gasteiger charge is -2.26. The molecule has 1 atom stereocenters. The standard InChI is InChI=1S/C17H17N5O/c1-12-20-17(23-21-12)13-6-4-10-19-16(13)22-11-5-8-15(22)14-7-2-3-9-18-14/h2-4,6-7,9-10,15H,5,8,11H2,1H3. The maximum Gasteiger partial charge on any atom is 0.261 e. The summed E-state index contributed by atoms with van der Waals surface area (Å²) >= 11 is 0. The van der Waals surface area contributed by atoms with Crippen LogP contribution in [0.15, 0.2) is 47.2 Å². The minimum Gasteiger partial charge on any atom is -0.347 e. The van der Waals surface area contributed by atoms with E-state index in [9.17, 15) is 0 Å². The van der Waals surface area contributed by atoms with E-state index in [1.54, 1.807) is 6.20 Å². The van der Waals surface area contributed by atoms with Crippen molar-refractivity contribution in [1.82, 2.24) is 20.1 Å². The fraction of sp³-hybridized carbons (Fsp3) is 0.294. The van der Waals surface area contributed by atoms with Gasteiger partial charge in [-0.05, 0) is 44.0 Å². The minimum absolute atomic E-state index is 0.230. The van der Waals surface area contributed by atoms with Crippen LogP contribution in [0.5, 0.6) is 0 Å². The highest BCUT2D eigenvalue weighted by Crippen LogP contribution is 2.38. The molecule has 1 fully saturated rings. The van der Waals surface area contributed by atoms with Crippen LogP contribution < -0.4 is 4.90 Å². The summed E-state index contributed by atoms with van der Waals surface area (Å²) in [6, 6.07) is 10.1. The van der Waals surface area contributed by atoms with Gasteiger partial charge in [-0.15, -0.1) is 0 Å². The molecule has 1 unspecified atom stereocenters. The average molecular weight is 307 g/mol. The Balaban J connectivity index is 1.75. The van der Waals surface area contributed by atoms with E-state index in [1.807, 2.05) is 37.4 Å². The number of aryl methyl sites for hydroxylation is 1. The van der Waals surface area contributed by atoms with Crippen LogP contribution in [0.2, 0.25) is 0 Å². The molecule has 0 saturated carbocycles. The molecular weight excluding hydrogens is 290 g/mol. The summed E-state index contributed by atoms with van der Waals surface area (Å²) in [6.07, 6.45) is 5.82. The molecule has 1 aliphatic heterocycles. The van der Waals surface area contributed by atoms with Gasteiger partial charge in [0.05, 0.1) is 17.3 Å². The summed E-state index contributed by atoms with van der Waals surface area (Å²) in [5.41, 5.74) is 1.94. The second-order valence-electron chi connectivity index (χ2n) is 5.63. The van der Waals surface area contributed by atoms with Gasteiger partial charge >= 0.3 is 0 Å². The fourth-order valence-electron chi connectivity index (χ4n) is 3.10. The van der Waals surface area contributed by atoms with E-state index in [-0.39, 0.29) is 6.04 Å². The normalized spacial score (nSPS) is 17.6. The topological polar surface area (TPSA) is 67.9 Å². The third-order valence-corrected chi connectivity index (χ3v) is 4.10. The van der Waals surface area contributed by atoms with Crippen LogP contribution in [0.3, 0.4) is 0 Å². The Kier molecular flexibility index (Phi) is 3.49. The molecule has 4 heterocycles. The molecule has 23 heavy (non-hydrogen) atoms. The summed E-state index contributed by atoms with van der Waals surface area (Å²) in [5, 5.41) is 3.89. The Hall–Kier alpha value is -2.76. The summed E-state index contributed by atoms with van der Waals surface area (Å²) < 4.78 is 5.35. The zero-order chi connectivity index (χ0) is 15.6. The molecular formula is C17H17N5O. The molecule has 0 bridgehead atoms. The van der Waals surface area contributed by atoms with Gasteiger partial charge in [-0.3, -0.25) is 4.98 Å². The van der Waals surface area contributed by atoms with Crippen LogP contribution in [0.4, 0.5) is 5.82 Å². The molecule has 1 aliphatic rings. The van der Waals surface area contributed by atoms with Crippen molar-refractivity contribution in [3.8, 4) is 11.5 Å². The molecule has 3 aromatic heterocycles. The summed E-state index contributed by atoms with van der Waals surface area (Å²) in [7, 11) is 0. The van der Waals surface area contributed by atoms with E-state index in [2.05, 4.69) is 31.1 Å². The van der Waals surface area contributed by atoms with Gasteiger partial charge in [0.1, 0.15) is 5.82 Å². The third-order valence-electron chi connectivity index (χ3n) is 4.10. The molecule has 3 aromatic rings. The molecule has 0 aliphatic carbocycles. The van der Waals surface area contributed by atoms with Gasteiger partial charge in [0, 0.05) is 18.9 Å². The van der Waals surface area contributed by atoms with Crippen molar-refractivity contribution in [1.29, 1.82) is 0 Å². The first-order valence-corrected chi connectivity index (χ1v) is 7.76. The predicted molar refractivity (Wildman–Crippen MR) is 85.8 cm³/mol. The van der Waals surface area contributed by atoms with E-state index < -0.39 is 0 Å². The first kappa shape index (κ1) is 13.9. The SMILES string of the molecule is Cc1noc(-c2cccnc2N2CCCC2c2ccccn2)n1. The van der Waals surface area contributed by atoms with Gasteiger partial charge in [-0.1, -0.05) is 11.2 Å². The van der Waals surface area contributed by atoms with Gasteiger partial charge in [0.25, 0.3) is 5.89 Å². The second-order valence-corrected chi connectivity index (χ2v) is 5.63. The second kappa shape index (κ2) is 5.79. The van der Waals surface area contributed by atoms with Gasteiger partial charge in [0.2, 0.25) is 0 Å². The number of hydrogen-bond donors (Lipinski definition) is 0. The molecule has 1 saturated heterocycles. The van der Waals surface area contributed by atoms with Crippen molar-refractivity contribution in [2.24, 2.45) is 0 Å². The quantitative estimate of drug-likeness (QED) is 0.740. The van der Waals surface area contributed by atoms with Crippen LogP contribution in [-0.2, 0) is 0 Å². The van der Waals surface area contributed by atoms with Crippen LogP contribution in [-0.4, -0.2) is 26.7 Å². The fourth-order valence-corrected chi connectivity index (χ4v) is 3.10. The zero-order valence-corrected chi connectivity index (χ0v) is 12.9. The van der Waals surface area contributed by atoms with E-state index in [4.69, 9.17) is 4.52 Å². The van der Waals surface area contributed by atoms with E-state index >= 15 is 0 Å². The number of rotatable bonds is 3. The Bertz CT molecular complexity index is 802. The van der Waals surface area contributed by atoms with E-state index in [0.29, 0.717) is 11.7 Å². The maximum atomic E-state index is 5.35. The highest BCUT2D eigenvalue weighted by Gasteiger charge is 2.30. The summed E-state index contributed by atoms with van der Waals surface area (Å²) in [5.74, 6) is 2.01. The maximum absolute atomic E-state index is 5.35. The average Bonchev–Trinajstić information content (AvgIpc) is 3.24. The monoisotopic (exact) mass is 307 g/mol. The summed E-state index contributed by atoms with van der Waals surface area (Å²) in [6.45, 7) is 2.76. The Morgan fingerprint density at radius 1 is 1.13 bits per heavy atom. The Morgan fingerprint density at radius 2 is 2.04 bits per heavy atom. The molecule has 6 nitrogen and oxygen atoms in total. The van der Waals surface area contributed by atoms with E-state index in [0.717, 1.165) is 36.5 Å². The minimum atomic E-state index is 0.230. The lowest BCUT2D eigenvalue weighted by molar-refractivity contribution is 0.425.